The van der Waals surface area contributed by atoms with E-state index in [-0.39, 0.29) is 12.2 Å². The number of hydrogen-bond donors (Lipinski definition) is 1. The summed E-state index contributed by atoms with van der Waals surface area (Å²) in [6, 6.07) is 6.26. The molecule has 0 aliphatic heterocycles. The summed E-state index contributed by atoms with van der Waals surface area (Å²) in [5.74, 6) is -0.0499. The van der Waals surface area contributed by atoms with Crippen LogP contribution in [0.2, 0.25) is 0 Å². The van der Waals surface area contributed by atoms with Crippen molar-refractivity contribution in [1.82, 2.24) is 9.78 Å². The Hall–Kier alpha value is -1.88. The molecule has 0 aliphatic rings. The van der Waals surface area contributed by atoms with Gasteiger partial charge in [-0.25, -0.2) is 4.39 Å². The molecule has 1 heterocycles. The summed E-state index contributed by atoms with van der Waals surface area (Å²) >= 11 is 0. The average Bonchev–Trinajstić information content (AvgIpc) is 2.72. The molecule has 0 bridgehead atoms. The fourth-order valence-electron chi connectivity index (χ4n) is 1.63. The largest absolute Gasteiger partial charge is 0.487 e. The van der Waals surface area contributed by atoms with E-state index < -0.39 is 11.9 Å². The Kier molecular flexibility index (Phi) is 3.62. The highest BCUT2D eigenvalue weighted by atomic mass is 19.1. The van der Waals surface area contributed by atoms with Crippen LogP contribution in [0, 0.1) is 5.82 Å². The van der Waals surface area contributed by atoms with Gasteiger partial charge in [0, 0.05) is 24.9 Å². The lowest BCUT2D eigenvalue weighted by Crippen LogP contribution is -2.00. The third-order valence-electron chi connectivity index (χ3n) is 2.58. The Bertz CT molecular complexity index is 538. The first-order valence-corrected chi connectivity index (χ1v) is 5.65. The standard InChI is InChI=1S/C13H15FN2O2/c1-9(17)12-4-3-11(7-13(12)14)18-8-10-5-6-16(2)15-10/h3-7,9,17H,8H2,1-2H3/t9-/m1/s1. The summed E-state index contributed by atoms with van der Waals surface area (Å²) in [6.45, 7) is 1.81. The number of aromatic nitrogens is 2. The summed E-state index contributed by atoms with van der Waals surface area (Å²) in [4.78, 5) is 0. The lowest BCUT2D eigenvalue weighted by Gasteiger charge is -2.09. The molecule has 0 fully saturated rings. The summed E-state index contributed by atoms with van der Waals surface area (Å²) in [5, 5.41) is 13.5. The van der Waals surface area contributed by atoms with E-state index >= 15 is 0 Å². The predicted molar refractivity (Wildman–Crippen MR) is 64.6 cm³/mol. The summed E-state index contributed by atoms with van der Waals surface area (Å²) < 4.78 is 20.7. The number of hydrogen-bond acceptors (Lipinski definition) is 3. The van der Waals surface area contributed by atoms with Crippen LogP contribution in [0.25, 0.3) is 0 Å². The molecule has 1 aromatic heterocycles. The van der Waals surface area contributed by atoms with Crippen LogP contribution in [0.15, 0.2) is 30.5 Å². The van der Waals surface area contributed by atoms with Gasteiger partial charge in [0.25, 0.3) is 0 Å². The van der Waals surface area contributed by atoms with Crippen molar-refractivity contribution in [3.8, 4) is 5.75 Å². The summed E-state index contributed by atoms with van der Waals surface area (Å²) in [6.07, 6.45) is 0.991. The lowest BCUT2D eigenvalue weighted by molar-refractivity contribution is 0.193. The number of aliphatic hydroxyl groups is 1. The molecular formula is C13H15FN2O2. The van der Waals surface area contributed by atoms with Gasteiger partial charge in [-0.15, -0.1) is 0 Å². The van der Waals surface area contributed by atoms with Gasteiger partial charge >= 0.3 is 0 Å². The summed E-state index contributed by atoms with van der Waals surface area (Å²) in [5.41, 5.74) is 1.04. The number of halogens is 1. The molecule has 1 aromatic carbocycles. The van der Waals surface area contributed by atoms with Gasteiger partial charge in [0.05, 0.1) is 11.8 Å². The first-order chi connectivity index (χ1) is 8.56. The Balaban J connectivity index is 2.04. The Morgan fingerprint density at radius 3 is 2.78 bits per heavy atom. The lowest BCUT2D eigenvalue weighted by atomic mass is 10.1. The van der Waals surface area contributed by atoms with Crippen LogP contribution in [0.3, 0.4) is 0 Å². The average molecular weight is 250 g/mol. The van der Waals surface area contributed by atoms with E-state index in [4.69, 9.17) is 4.74 Å². The van der Waals surface area contributed by atoms with Gasteiger partial charge < -0.3 is 9.84 Å². The SMILES string of the molecule is C[C@@H](O)c1ccc(OCc2ccn(C)n2)cc1F. The topological polar surface area (TPSA) is 47.3 Å². The van der Waals surface area contributed by atoms with Gasteiger partial charge in [-0.3, -0.25) is 4.68 Å². The van der Waals surface area contributed by atoms with Crippen molar-refractivity contribution in [2.75, 3.05) is 0 Å². The van der Waals surface area contributed by atoms with Crippen LogP contribution >= 0.6 is 0 Å². The van der Waals surface area contributed by atoms with E-state index in [0.717, 1.165) is 5.69 Å². The monoisotopic (exact) mass is 250 g/mol. The van der Waals surface area contributed by atoms with E-state index in [1.165, 1.54) is 19.1 Å². The van der Waals surface area contributed by atoms with Crippen molar-refractivity contribution in [3.05, 3.63) is 47.5 Å². The van der Waals surface area contributed by atoms with Gasteiger partial charge in [-0.2, -0.15) is 5.10 Å². The maximum Gasteiger partial charge on any atom is 0.132 e. The maximum atomic E-state index is 13.6. The maximum absolute atomic E-state index is 13.6. The second kappa shape index (κ2) is 5.18. The fourth-order valence-corrected chi connectivity index (χ4v) is 1.63. The zero-order valence-corrected chi connectivity index (χ0v) is 10.3. The van der Waals surface area contributed by atoms with E-state index in [9.17, 15) is 9.50 Å². The Morgan fingerprint density at radius 2 is 2.22 bits per heavy atom. The van der Waals surface area contributed by atoms with Crippen molar-refractivity contribution in [3.63, 3.8) is 0 Å². The second-order valence-corrected chi connectivity index (χ2v) is 4.13. The molecule has 5 heteroatoms. The van der Waals surface area contributed by atoms with E-state index in [2.05, 4.69) is 5.10 Å². The second-order valence-electron chi connectivity index (χ2n) is 4.13. The number of ether oxygens (including phenoxy) is 1. The minimum absolute atomic E-state index is 0.264. The van der Waals surface area contributed by atoms with Gasteiger partial charge in [-0.05, 0) is 25.1 Å². The smallest absolute Gasteiger partial charge is 0.132 e. The molecule has 18 heavy (non-hydrogen) atoms. The molecule has 0 amide bonds. The number of nitrogens with zero attached hydrogens (tertiary/aromatic N) is 2. The van der Waals surface area contributed by atoms with Crippen LogP contribution in [0.5, 0.6) is 5.75 Å². The van der Waals surface area contributed by atoms with Crippen LogP contribution in [-0.2, 0) is 13.7 Å². The van der Waals surface area contributed by atoms with Gasteiger partial charge in [0.1, 0.15) is 18.2 Å². The first-order valence-electron chi connectivity index (χ1n) is 5.65. The molecule has 2 rings (SSSR count). The highest BCUT2D eigenvalue weighted by Crippen LogP contribution is 2.22. The number of benzene rings is 1. The van der Waals surface area contributed by atoms with Crippen molar-refractivity contribution >= 4 is 0 Å². The molecule has 4 nitrogen and oxygen atoms in total. The zero-order valence-electron chi connectivity index (χ0n) is 10.3. The van der Waals surface area contributed by atoms with Gasteiger partial charge in [-0.1, -0.05) is 0 Å². The molecule has 0 saturated carbocycles. The van der Waals surface area contributed by atoms with Crippen LogP contribution in [0.4, 0.5) is 4.39 Å². The minimum Gasteiger partial charge on any atom is -0.487 e. The molecule has 0 aliphatic carbocycles. The molecule has 1 atom stereocenters. The van der Waals surface area contributed by atoms with E-state index in [1.54, 1.807) is 10.7 Å². The van der Waals surface area contributed by atoms with Crippen molar-refractivity contribution < 1.29 is 14.2 Å². The van der Waals surface area contributed by atoms with Crippen LogP contribution < -0.4 is 4.74 Å². The molecule has 0 radical (unpaired) electrons. The molecule has 96 valence electrons. The zero-order chi connectivity index (χ0) is 13.1. The van der Waals surface area contributed by atoms with Crippen molar-refractivity contribution in [2.24, 2.45) is 7.05 Å². The van der Waals surface area contributed by atoms with Crippen molar-refractivity contribution in [1.29, 1.82) is 0 Å². The predicted octanol–water partition coefficient (Wildman–Crippen LogP) is 2.19. The highest BCUT2D eigenvalue weighted by molar-refractivity contribution is 5.30. The van der Waals surface area contributed by atoms with Gasteiger partial charge in [0.2, 0.25) is 0 Å². The fraction of sp³-hybridized carbons (Fsp3) is 0.308. The molecule has 0 saturated heterocycles. The highest BCUT2D eigenvalue weighted by Gasteiger charge is 2.09. The normalized spacial score (nSPS) is 12.4. The van der Waals surface area contributed by atoms with E-state index in [0.29, 0.717) is 5.75 Å². The Morgan fingerprint density at radius 1 is 1.44 bits per heavy atom. The Labute approximate surface area is 105 Å². The van der Waals surface area contributed by atoms with Crippen LogP contribution in [0.1, 0.15) is 24.3 Å². The first kappa shape index (κ1) is 12.6. The van der Waals surface area contributed by atoms with Crippen LogP contribution in [-0.4, -0.2) is 14.9 Å². The minimum atomic E-state index is -0.824. The molecular weight excluding hydrogens is 235 g/mol. The number of aryl methyl sites for hydroxylation is 1. The summed E-state index contributed by atoms with van der Waals surface area (Å²) in [7, 11) is 1.82. The number of rotatable bonds is 4. The third-order valence-corrected chi connectivity index (χ3v) is 2.58. The molecule has 2 aromatic rings. The molecule has 0 unspecified atom stereocenters. The molecule has 0 spiro atoms. The van der Waals surface area contributed by atoms with Gasteiger partial charge in [0.15, 0.2) is 0 Å². The molecule has 1 N–H and O–H groups in total. The van der Waals surface area contributed by atoms with E-state index in [1.807, 2.05) is 19.3 Å². The number of aliphatic hydroxyl groups excluding tert-OH is 1. The van der Waals surface area contributed by atoms with Crippen molar-refractivity contribution in [2.45, 2.75) is 19.6 Å². The third kappa shape index (κ3) is 2.87. The quantitative estimate of drug-likeness (QED) is 0.904.